The van der Waals surface area contributed by atoms with Crippen LogP contribution in [0.25, 0.3) is 0 Å². The molecule has 4 fully saturated rings. The van der Waals surface area contributed by atoms with Gasteiger partial charge in [0.2, 0.25) is 0 Å². The summed E-state index contributed by atoms with van der Waals surface area (Å²) in [6.45, 7) is 1.32. The van der Waals surface area contributed by atoms with Gasteiger partial charge in [-0.1, -0.05) is 11.9 Å². The Morgan fingerprint density at radius 1 is 1.17 bits per heavy atom. The normalized spacial score (nSPS) is 30.0. The second-order valence-electron chi connectivity index (χ2n) is 9.00. The minimum atomic E-state index is -3.37. The van der Waals surface area contributed by atoms with E-state index in [4.69, 9.17) is 10.5 Å². The fourth-order valence-electron chi connectivity index (χ4n) is 5.20. The van der Waals surface area contributed by atoms with Gasteiger partial charge in [0, 0.05) is 30.0 Å². The van der Waals surface area contributed by atoms with Gasteiger partial charge in [-0.15, -0.1) is 0 Å². The van der Waals surface area contributed by atoms with Gasteiger partial charge in [-0.25, -0.2) is 17.1 Å². The molecule has 3 saturated carbocycles. The molecule has 0 spiro atoms. The maximum atomic E-state index is 13.2. The van der Waals surface area contributed by atoms with Crippen LogP contribution in [-0.2, 0) is 9.84 Å². The summed E-state index contributed by atoms with van der Waals surface area (Å²) in [6, 6.07) is 6.46. The second kappa shape index (κ2) is 8.81. The van der Waals surface area contributed by atoms with Gasteiger partial charge >= 0.3 is 0 Å². The Bertz CT molecular complexity index is 856. The highest BCUT2D eigenvalue weighted by atomic mass is 32.2. The van der Waals surface area contributed by atoms with Crippen LogP contribution in [0.4, 0.5) is 4.39 Å². The number of ether oxygens (including phenoxy) is 1. The van der Waals surface area contributed by atoms with Crippen molar-refractivity contribution in [2.75, 3.05) is 31.2 Å². The van der Waals surface area contributed by atoms with Gasteiger partial charge in [-0.05, 0) is 74.6 Å². The number of rotatable bonds is 8. The third kappa shape index (κ3) is 4.42. The summed E-state index contributed by atoms with van der Waals surface area (Å²) >= 11 is 1.99. The van der Waals surface area contributed by atoms with E-state index in [1.54, 1.807) is 24.3 Å². The first-order valence-corrected chi connectivity index (χ1v) is 13.3. The van der Waals surface area contributed by atoms with E-state index in [0.29, 0.717) is 28.1 Å². The van der Waals surface area contributed by atoms with Crippen LogP contribution in [0.3, 0.4) is 0 Å². The van der Waals surface area contributed by atoms with Crippen molar-refractivity contribution >= 4 is 21.8 Å². The fraction of sp³-hybridized carbons (Fsp3) is 0.636. The lowest BCUT2D eigenvalue weighted by Gasteiger charge is -2.56. The molecule has 1 aromatic carbocycles. The Morgan fingerprint density at radius 3 is 2.37 bits per heavy atom. The molecule has 0 amide bonds. The average molecular weight is 455 g/mol. The number of nitrogens with zero attached hydrogens (tertiary/aromatic N) is 1. The molecule has 1 saturated heterocycles. The van der Waals surface area contributed by atoms with Crippen molar-refractivity contribution < 1.29 is 17.5 Å². The van der Waals surface area contributed by atoms with E-state index in [2.05, 4.69) is 4.31 Å². The van der Waals surface area contributed by atoms with Crippen LogP contribution in [-0.4, -0.2) is 49.5 Å². The number of hydrogen-bond acceptors (Lipinski definition) is 6. The first-order valence-electron chi connectivity index (χ1n) is 10.7. The van der Waals surface area contributed by atoms with Crippen molar-refractivity contribution in [1.82, 2.24) is 4.31 Å². The smallest absolute Gasteiger partial charge is 0.178 e. The van der Waals surface area contributed by atoms with Crippen molar-refractivity contribution in [2.45, 2.75) is 55.4 Å². The van der Waals surface area contributed by atoms with Crippen LogP contribution in [0.1, 0.15) is 44.9 Å². The van der Waals surface area contributed by atoms with Crippen molar-refractivity contribution in [3.63, 3.8) is 0 Å². The topological polar surface area (TPSA) is 72.6 Å². The zero-order chi connectivity index (χ0) is 21.2. The van der Waals surface area contributed by atoms with E-state index in [1.807, 2.05) is 11.9 Å². The van der Waals surface area contributed by atoms with E-state index in [0.717, 1.165) is 38.5 Å². The van der Waals surface area contributed by atoms with Gasteiger partial charge in [0.25, 0.3) is 0 Å². The van der Waals surface area contributed by atoms with Crippen LogP contribution < -0.4 is 10.5 Å². The molecule has 0 aromatic heterocycles. The molecule has 0 unspecified atom stereocenters. The zero-order valence-corrected chi connectivity index (χ0v) is 18.9. The largest absolute Gasteiger partial charge is 0.489 e. The summed E-state index contributed by atoms with van der Waals surface area (Å²) < 4.78 is 47.0. The number of hydrogen-bond donors (Lipinski definition) is 1. The van der Waals surface area contributed by atoms with Crippen molar-refractivity contribution in [3.05, 3.63) is 36.2 Å². The number of benzene rings is 1. The molecule has 2 bridgehead atoms. The molecule has 5 rings (SSSR count). The van der Waals surface area contributed by atoms with Gasteiger partial charge in [-0.2, -0.15) is 0 Å². The molecular weight excluding hydrogens is 423 g/mol. The molecule has 0 atom stereocenters. The summed E-state index contributed by atoms with van der Waals surface area (Å²) in [5.74, 6) is 1.95. The molecule has 3 aliphatic carbocycles. The molecule has 1 heterocycles. The highest BCUT2D eigenvalue weighted by Gasteiger charge is 2.53. The molecule has 0 radical (unpaired) electrons. The molecule has 166 valence electrons. The highest BCUT2D eigenvalue weighted by Crippen LogP contribution is 2.57. The quantitative estimate of drug-likeness (QED) is 0.597. The summed E-state index contributed by atoms with van der Waals surface area (Å²) in [5.41, 5.74) is 6.00. The van der Waals surface area contributed by atoms with Gasteiger partial charge in [0.05, 0.1) is 17.0 Å². The lowest BCUT2D eigenvalue weighted by molar-refractivity contribution is 0.00141. The Kier molecular flexibility index (Phi) is 6.49. The second-order valence-corrected chi connectivity index (χ2v) is 12.1. The van der Waals surface area contributed by atoms with E-state index in [1.165, 1.54) is 18.7 Å². The average Bonchev–Trinajstić information content (AvgIpc) is 3.31. The molecule has 4 aliphatic rings. The summed E-state index contributed by atoms with van der Waals surface area (Å²) in [6.07, 6.45) is 8.08. The molecular formula is C22H31FN2O3S2. The summed E-state index contributed by atoms with van der Waals surface area (Å²) in [5, 5.41) is 0. The maximum Gasteiger partial charge on any atom is 0.178 e. The van der Waals surface area contributed by atoms with Gasteiger partial charge in [0.1, 0.15) is 12.4 Å². The first-order chi connectivity index (χ1) is 14.4. The number of nitrogens with two attached hydrogens (primary N) is 1. The minimum Gasteiger partial charge on any atom is -0.489 e. The predicted octanol–water partition coefficient (Wildman–Crippen LogP) is 4.10. The minimum absolute atomic E-state index is 0.0548. The van der Waals surface area contributed by atoms with E-state index >= 15 is 0 Å². The predicted molar refractivity (Wildman–Crippen MR) is 119 cm³/mol. The van der Waals surface area contributed by atoms with Crippen LogP contribution >= 0.6 is 11.9 Å². The molecule has 2 N–H and O–H groups in total. The Balaban J connectivity index is 1.39. The summed E-state index contributed by atoms with van der Waals surface area (Å²) in [7, 11) is -3.37. The number of halogens is 1. The Morgan fingerprint density at radius 2 is 1.83 bits per heavy atom. The van der Waals surface area contributed by atoms with E-state index in [-0.39, 0.29) is 24.3 Å². The lowest BCUT2D eigenvalue weighted by Crippen LogP contribution is -2.55. The standard InChI is InChI=1S/C22H31FN2O3S2/c23-14-18(15-24)16-28-19-2-4-20(5-3-19)30(26,27)17-21-6-9-22(10-7-21,11-8-21)25-12-1-13-29-25/h2-5,14H,1,6-13,15-17,24H2/b18-14+. The van der Waals surface area contributed by atoms with Crippen LogP contribution in [0.15, 0.2) is 41.1 Å². The molecule has 1 aromatic rings. The zero-order valence-electron chi connectivity index (χ0n) is 17.3. The van der Waals surface area contributed by atoms with Crippen LogP contribution in [0.2, 0.25) is 0 Å². The molecule has 1 aliphatic heterocycles. The number of sulfone groups is 1. The highest BCUT2D eigenvalue weighted by molar-refractivity contribution is 7.97. The SMILES string of the molecule is NC/C(=C\F)COc1ccc(S(=O)(=O)CC23CCC(N4CCCS4)(CC2)CC3)cc1. The Hall–Kier alpha value is -1.09. The maximum absolute atomic E-state index is 13.2. The lowest BCUT2D eigenvalue weighted by atomic mass is 9.58. The van der Waals surface area contributed by atoms with E-state index in [9.17, 15) is 12.8 Å². The fourth-order valence-corrected chi connectivity index (χ4v) is 8.44. The van der Waals surface area contributed by atoms with Gasteiger partial charge in [-0.3, -0.25) is 0 Å². The molecule has 30 heavy (non-hydrogen) atoms. The number of fused-ring (bicyclic) bond motifs is 3. The van der Waals surface area contributed by atoms with Crippen molar-refractivity contribution in [3.8, 4) is 5.75 Å². The third-order valence-corrected chi connectivity index (χ3v) is 10.5. The van der Waals surface area contributed by atoms with Crippen LogP contribution in [0, 0.1) is 5.41 Å². The van der Waals surface area contributed by atoms with E-state index < -0.39 is 9.84 Å². The van der Waals surface area contributed by atoms with Gasteiger partial charge in [0.15, 0.2) is 9.84 Å². The van der Waals surface area contributed by atoms with Crippen molar-refractivity contribution in [1.29, 1.82) is 0 Å². The van der Waals surface area contributed by atoms with Crippen LogP contribution in [0.5, 0.6) is 5.75 Å². The molecule has 5 nitrogen and oxygen atoms in total. The monoisotopic (exact) mass is 454 g/mol. The van der Waals surface area contributed by atoms with Crippen molar-refractivity contribution in [2.24, 2.45) is 11.1 Å². The third-order valence-electron chi connectivity index (χ3n) is 7.16. The molecule has 8 heteroatoms. The summed E-state index contributed by atoms with van der Waals surface area (Å²) in [4.78, 5) is 0.335. The van der Waals surface area contributed by atoms with Gasteiger partial charge < -0.3 is 10.5 Å². The Labute approximate surface area is 183 Å². The first kappa shape index (κ1) is 22.1.